The number of aryl methyl sites for hydroxylation is 1. The lowest BCUT2D eigenvalue weighted by Crippen LogP contribution is -2.28. The van der Waals surface area contributed by atoms with Crippen molar-refractivity contribution in [3.8, 4) is 0 Å². The molecule has 1 aromatic rings. The van der Waals surface area contributed by atoms with Gasteiger partial charge < -0.3 is 0 Å². The average Bonchev–Trinajstić information content (AvgIpc) is 2.87. The highest BCUT2D eigenvalue weighted by Crippen LogP contribution is 2.30. The second-order valence-corrected chi connectivity index (χ2v) is 8.03. The molecule has 0 bridgehead atoms. The van der Waals surface area contributed by atoms with Gasteiger partial charge in [0, 0.05) is 19.0 Å². The van der Waals surface area contributed by atoms with Crippen molar-refractivity contribution in [2.45, 2.75) is 18.7 Å². The van der Waals surface area contributed by atoms with Crippen LogP contribution in [0.1, 0.15) is 12.5 Å². The van der Waals surface area contributed by atoms with E-state index in [-0.39, 0.29) is 5.92 Å². The Hall–Kier alpha value is -1.65. The third-order valence-corrected chi connectivity index (χ3v) is 6.09. The van der Waals surface area contributed by atoms with Crippen LogP contribution in [0.2, 0.25) is 0 Å². The maximum Gasteiger partial charge on any atom is 0.243 e. The van der Waals surface area contributed by atoms with Crippen LogP contribution < -0.4 is 0 Å². The first kappa shape index (κ1) is 15.3. The number of hydrogen-bond donors (Lipinski definition) is 0. The molecule has 0 spiro atoms. The van der Waals surface area contributed by atoms with Gasteiger partial charge in [-0.2, -0.15) is 4.31 Å². The first-order chi connectivity index (χ1) is 10.5. The SMILES string of the molecule is Cc1ccc(S(=O)(=O)N2C/C3=C/C=C\[C@H](C)C=C[C@H]3C2)cc1. The van der Waals surface area contributed by atoms with E-state index in [1.165, 1.54) is 0 Å². The highest BCUT2D eigenvalue weighted by Gasteiger charge is 2.34. The summed E-state index contributed by atoms with van der Waals surface area (Å²) in [5.41, 5.74) is 2.22. The van der Waals surface area contributed by atoms with E-state index in [9.17, 15) is 8.42 Å². The van der Waals surface area contributed by atoms with Crippen LogP contribution in [0.25, 0.3) is 0 Å². The van der Waals surface area contributed by atoms with E-state index < -0.39 is 10.0 Å². The normalized spacial score (nSPS) is 29.3. The van der Waals surface area contributed by atoms with Crippen LogP contribution in [-0.2, 0) is 10.0 Å². The van der Waals surface area contributed by atoms with E-state index in [0.29, 0.717) is 23.9 Å². The maximum absolute atomic E-state index is 12.8. The smallest absolute Gasteiger partial charge is 0.207 e. The van der Waals surface area contributed by atoms with E-state index in [0.717, 1.165) is 11.1 Å². The molecular weight excluding hydrogens is 294 g/mol. The van der Waals surface area contributed by atoms with Crippen LogP contribution in [0, 0.1) is 18.8 Å². The topological polar surface area (TPSA) is 37.4 Å². The summed E-state index contributed by atoms with van der Waals surface area (Å²) in [6, 6.07) is 7.07. The summed E-state index contributed by atoms with van der Waals surface area (Å²) in [5, 5.41) is 0. The minimum Gasteiger partial charge on any atom is -0.207 e. The summed E-state index contributed by atoms with van der Waals surface area (Å²) in [5.74, 6) is 0.577. The number of benzene rings is 1. The Kier molecular flexibility index (Phi) is 4.06. The molecule has 0 amide bonds. The van der Waals surface area contributed by atoms with Gasteiger partial charge in [0.25, 0.3) is 0 Å². The highest BCUT2D eigenvalue weighted by molar-refractivity contribution is 7.89. The third kappa shape index (κ3) is 2.94. The van der Waals surface area contributed by atoms with Crippen LogP contribution in [0.5, 0.6) is 0 Å². The lowest BCUT2D eigenvalue weighted by atomic mass is 9.97. The Morgan fingerprint density at radius 2 is 1.82 bits per heavy atom. The van der Waals surface area contributed by atoms with Crippen molar-refractivity contribution in [3.63, 3.8) is 0 Å². The molecule has 3 rings (SSSR count). The van der Waals surface area contributed by atoms with Crippen molar-refractivity contribution in [2.75, 3.05) is 13.1 Å². The van der Waals surface area contributed by atoms with Gasteiger partial charge in [0.05, 0.1) is 4.90 Å². The fourth-order valence-corrected chi connectivity index (χ4v) is 4.31. The number of rotatable bonds is 2. The summed E-state index contributed by atoms with van der Waals surface area (Å²) in [6.07, 6.45) is 10.5. The first-order valence-corrected chi connectivity index (χ1v) is 9.03. The molecule has 0 saturated carbocycles. The molecule has 2 aliphatic rings. The van der Waals surface area contributed by atoms with Crippen molar-refractivity contribution >= 4 is 10.0 Å². The number of fused-ring (bicyclic) bond motifs is 1. The van der Waals surface area contributed by atoms with E-state index >= 15 is 0 Å². The molecule has 0 radical (unpaired) electrons. The zero-order chi connectivity index (χ0) is 15.7. The van der Waals surface area contributed by atoms with Crippen molar-refractivity contribution < 1.29 is 8.42 Å². The summed E-state index contributed by atoms with van der Waals surface area (Å²) >= 11 is 0. The Morgan fingerprint density at radius 3 is 2.55 bits per heavy atom. The Labute approximate surface area is 132 Å². The van der Waals surface area contributed by atoms with Crippen molar-refractivity contribution in [1.82, 2.24) is 4.31 Å². The van der Waals surface area contributed by atoms with Gasteiger partial charge in [-0.1, -0.05) is 55.0 Å². The monoisotopic (exact) mass is 315 g/mol. The number of nitrogens with zero attached hydrogens (tertiary/aromatic N) is 1. The quantitative estimate of drug-likeness (QED) is 0.785. The number of sulfonamides is 1. The van der Waals surface area contributed by atoms with Gasteiger partial charge in [-0.15, -0.1) is 0 Å². The van der Waals surface area contributed by atoms with Gasteiger partial charge in [-0.05, 0) is 30.5 Å². The van der Waals surface area contributed by atoms with Gasteiger partial charge >= 0.3 is 0 Å². The maximum atomic E-state index is 12.8. The van der Waals surface area contributed by atoms with Gasteiger partial charge in [-0.3, -0.25) is 0 Å². The van der Waals surface area contributed by atoms with Crippen LogP contribution in [0.4, 0.5) is 0 Å². The van der Waals surface area contributed by atoms with E-state index in [4.69, 9.17) is 0 Å². The molecule has 1 heterocycles. The molecule has 0 aromatic heterocycles. The standard InChI is InChI=1S/C18H21NO2S/c1-14-4-3-5-16-12-19(13-17(16)9-6-14)22(20,21)18-10-7-15(2)8-11-18/h3-11,14,17H,12-13H2,1-2H3/b4-3-,9-6?,16-5-/t14-,17-/m0/s1. The molecule has 3 nitrogen and oxygen atoms in total. The molecular formula is C18H21NO2S. The minimum atomic E-state index is -3.42. The molecule has 22 heavy (non-hydrogen) atoms. The molecule has 1 fully saturated rings. The van der Waals surface area contributed by atoms with Gasteiger partial charge in [-0.25, -0.2) is 8.42 Å². The Morgan fingerprint density at radius 1 is 1.09 bits per heavy atom. The second-order valence-electron chi connectivity index (χ2n) is 6.09. The van der Waals surface area contributed by atoms with Crippen molar-refractivity contribution in [1.29, 1.82) is 0 Å². The number of allylic oxidation sites excluding steroid dienone is 4. The largest absolute Gasteiger partial charge is 0.243 e. The Balaban J connectivity index is 1.88. The minimum absolute atomic E-state index is 0.188. The lowest BCUT2D eigenvalue weighted by molar-refractivity contribution is 0.471. The average molecular weight is 315 g/mol. The van der Waals surface area contributed by atoms with Crippen LogP contribution in [0.15, 0.2) is 65.1 Å². The third-order valence-electron chi connectivity index (χ3n) is 4.27. The highest BCUT2D eigenvalue weighted by atomic mass is 32.2. The predicted molar refractivity (Wildman–Crippen MR) is 89.0 cm³/mol. The van der Waals surface area contributed by atoms with Crippen molar-refractivity contribution in [2.24, 2.45) is 11.8 Å². The zero-order valence-corrected chi connectivity index (χ0v) is 13.8. The lowest BCUT2D eigenvalue weighted by Gasteiger charge is -2.15. The molecule has 2 atom stereocenters. The van der Waals surface area contributed by atoms with Crippen molar-refractivity contribution in [3.05, 3.63) is 65.8 Å². The zero-order valence-electron chi connectivity index (χ0n) is 12.9. The van der Waals surface area contributed by atoms with E-state index in [2.05, 4.69) is 31.2 Å². The van der Waals surface area contributed by atoms with Crippen LogP contribution >= 0.6 is 0 Å². The van der Waals surface area contributed by atoms with Gasteiger partial charge in [0.15, 0.2) is 0 Å². The molecule has 1 saturated heterocycles. The molecule has 1 aliphatic carbocycles. The molecule has 1 aliphatic heterocycles. The molecule has 4 heteroatoms. The summed E-state index contributed by atoms with van der Waals surface area (Å²) in [7, 11) is -3.42. The predicted octanol–water partition coefficient (Wildman–Crippen LogP) is 3.30. The summed E-state index contributed by atoms with van der Waals surface area (Å²) in [4.78, 5) is 0.376. The fourth-order valence-electron chi connectivity index (χ4n) is 2.85. The molecule has 116 valence electrons. The number of hydrogen-bond acceptors (Lipinski definition) is 2. The van der Waals surface area contributed by atoms with Gasteiger partial charge in [0.1, 0.15) is 0 Å². The van der Waals surface area contributed by atoms with E-state index in [1.807, 2.05) is 25.1 Å². The summed E-state index contributed by atoms with van der Waals surface area (Å²) < 4.78 is 27.1. The fraction of sp³-hybridized carbons (Fsp3) is 0.333. The first-order valence-electron chi connectivity index (χ1n) is 7.59. The van der Waals surface area contributed by atoms with E-state index in [1.54, 1.807) is 16.4 Å². The van der Waals surface area contributed by atoms with Gasteiger partial charge in [0.2, 0.25) is 10.0 Å². The Bertz CT molecular complexity index is 742. The molecule has 1 aromatic carbocycles. The second kappa shape index (κ2) is 5.86. The molecule has 0 N–H and O–H groups in total. The van der Waals surface area contributed by atoms with Crippen LogP contribution in [-0.4, -0.2) is 25.8 Å². The van der Waals surface area contributed by atoms with Crippen LogP contribution in [0.3, 0.4) is 0 Å². The molecule has 0 unspecified atom stereocenters. The summed E-state index contributed by atoms with van der Waals surface area (Å²) in [6.45, 7) is 5.08.